The molecule has 2 aromatic carbocycles. The van der Waals surface area contributed by atoms with E-state index in [1.807, 2.05) is 0 Å². The molecule has 0 aliphatic rings. The minimum atomic E-state index is 0.592. The lowest BCUT2D eigenvalue weighted by Crippen LogP contribution is -2.06. The summed E-state index contributed by atoms with van der Waals surface area (Å²) in [5, 5.41) is 2.75. The number of hydrogen-bond acceptors (Lipinski definition) is 0. The molecule has 1 heteroatoms. The van der Waals surface area contributed by atoms with E-state index in [1.165, 1.54) is 34.6 Å². The topological polar surface area (TPSA) is 4.93 Å². The fraction of sp³-hybridized carbons (Fsp3) is 0.294. The number of hydrogen-bond donors (Lipinski definition) is 0. The van der Waals surface area contributed by atoms with Crippen molar-refractivity contribution in [3.8, 4) is 0 Å². The second kappa shape index (κ2) is 4.49. The second-order valence-electron chi connectivity index (χ2n) is 4.87. The van der Waals surface area contributed by atoms with Gasteiger partial charge in [-0.2, -0.15) is 0 Å². The van der Waals surface area contributed by atoms with Crippen molar-refractivity contribution in [2.75, 3.05) is 0 Å². The van der Waals surface area contributed by atoms with Crippen molar-refractivity contribution in [3.63, 3.8) is 0 Å². The molecule has 0 unspecified atom stereocenters. The van der Waals surface area contributed by atoms with Crippen molar-refractivity contribution in [1.82, 2.24) is 4.57 Å². The Hall–Kier alpha value is -1.76. The van der Waals surface area contributed by atoms with Crippen LogP contribution in [0, 0.1) is 0 Å². The van der Waals surface area contributed by atoms with Gasteiger partial charge in [0.15, 0.2) is 0 Å². The van der Waals surface area contributed by atoms with Crippen LogP contribution in [0.1, 0.15) is 32.7 Å². The molecule has 0 saturated carbocycles. The van der Waals surface area contributed by atoms with Gasteiger partial charge in [-0.3, -0.25) is 0 Å². The molecule has 0 atom stereocenters. The highest BCUT2D eigenvalue weighted by molar-refractivity contribution is 6.08. The zero-order valence-electron chi connectivity index (χ0n) is 11.1. The summed E-state index contributed by atoms with van der Waals surface area (Å²) in [7, 11) is 0. The van der Waals surface area contributed by atoms with Crippen LogP contribution in [0.5, 0.6) is 0 Å². The summed E-state index contributed by atoms with van der Waals surface area (Å²) in [6, 6.07) is 18.1. The van der Waals surface area contributed by atoms with E-state index in [1.54, 1.807) is 0 Å². The molecular weight excluding hydrogens is 218 g/mol. The van der Waals surface area contributed by atoms with Crippen molar-refractivity contribution >= 4 is 21.8 Å². The number of rotatable bonds is 3. The van der Waals surface area contributed by atoms with Crippen LogP contribution in [0.2, 0.25) is 0 Å². The fourth-order valence-corrected chi connectivity index (χ4v) is 3.00. The highest BCUT2D eigenvalue weighted by Gasteiger charge is 2.14. The lowest BCUT2D eigenvalue weighted by Gasteiger charge is -2.17. The van der Waals surface area contributed by atoms with E-state index < -0.39 is 0 Å². The zero-order valence-corrected chi connectivity index (χ0v) is 11.1. The van der Waals surface area contributed by atoms with Gasteiger partial charge in [0, 0.05) is 27.8 Å². The van der Waals surface area contributed by atoms with Gasteiger partial charge in [-0.15, -0.1) is 0 Å². The van der Waals surface area contributed by atoms with Crippen LogP contribution in [-0.4, -0.2) is 4.57 Å². The molecular formula is C17H19N. The van der Waals surface area contributed by atoms with Gasteiger partial charge in [0.2, 0.25) is 0 Å². The monoisotopic (exact) mass is 237 g/mol. The molecule has 1 nitrogen and oxygen atoms in total. The molecule has 0 aliphatic heterocycles. The summed E-state index contributed by atoms with van der Waals surface area (Å²) in [5.74, 6) is 0. The smallest absolute Gasteiger partial charge is 0.0493 e. The van der Waals surface area contributed by atoms with E-state index in [-0.39, 0.29) is 0 Å². The van der Waals surface area contributed by atoms with E-state index >= 15 is 0 Å². The van der Waals surface area contributed by atoms with E-state index in [0.29, 0.717) is 6.04 Å². The predicted octanol–water partition coefficient (Wildman–Crippen LogP) is 5.16. The molecule has 18 heavy (non-hydrogen) atoms. The van der Waals surface area contributed by atoms with E-state index in [9.17, 15) is 0 Å². The minimum absolute atomic E-state index is 0.592. The summed E-state index contributed by atoms with van der Waals surface area (Å²) >= 11 is 0. The Labute approximate surface area is 108 Å². The summed E-state index contributed by atoms with van der Waals surface area (Å²) in [6.45, 7) is 4.55. The van der Waals surface area contributed by atoms with Crippen LogP contribution in [0.25, 0.3) is 21.8 Å². The van der Waals surface area contributed by atoms with Gasteiger partial charge in [-0.25, -0.2) is 0 Å². The van der Waals surface area contributed by atoms with Crippen LogP contribution in [0.15, 0.2) is 48.5 Å². The van der Waals surface area contributed by atoms with Crippen molar-refractivity contribution < 1.29 is 0 Å². The molecule has 0 fully saturated rings. The largest absolute Gasteiger partial charge is 0.337 e. The van der Waals surface area contributed by atoms with Gasteiger partial charge in [-0.05, 0) is 25.0 Å². The van der Waals surface area contributed by atoms with Crippen LogP contribution < -0.4 is 0 Å². The molecule has 0 bridgehead atoms. The van der Waals surface area contributed by atoms with Gasteiger partial charge >= 0.3 is 0 Å². The maximum absolute atomic E-state index is 2.52. The first-order valence-corrected chi connectivity index (χ1v) is 6.84. The van der Waals surface area contributed by atoms with E-state index in [2.05, 4.69) is 66.9 Å². The highest BCUT2D eigenvalue weighted by atomic mass is 15.0. The normalized spacial score (nSPS) is 11.7. The zero-order chi connectivity index (χ0) is 12.5. The van der Waals surface area contributed by atoms with Gasteiger partial charge in [0.05, 0.1) is 0 Å². The second-order valence-corrected chi connectivity index (χ2v) is 4.87. The van der Waals surface area contributed by atoms with Crippen LogP contribution in [0.3, 0.4) is 0 Å². The number of fused-ring (bicyclic) bond motifs is 3. The number of aromatic nitrogens is 1. The Morgan fingerprint density at radius 3 is 1.67 bits per heavy atom. The predicted molar refractivity (Wildman–Crippen MR) is 79.1 cm³/mol. The Bertz CT molecular complexity index is 621. The number of benzene rings is 2. The van der Waals surface area contributed by atoms with Gasteiger partial charge in [-0.1, -0.05) is 50.2 Å². The third-order valence-corrected chi connectivity index (χ3v) is 3.92. The molecule has 3 rings (SSSR count). The van der Waals surface area contributed by atoms with Crippen LogP contribution >= 0.6 is 0 Å². The first kappa shape index (κ1) is 11.3. The van der Waals surface area contributed by atoms with E-state index in [0.717, 1.165) is 0 Å². The Morgan fingerprint density at radius 1 is 0.778 bits per heavy atom. The van der Waals surface area contributed by atoms with Crippen molar-refractivity contribution in [2.45, 2.75) is 32.7 Å². The third kappa shape index (κ3) is 1.54. The molecule has 0 radical (unpaired) electrons. The molecule has 92 valence electrons. The maximum atomic E-state index is 2.52. The van der Waals surface area contributed by atoms with Crippen molar-refractivity contribution in [1.29, 1.82) is 0 Å². The summed E-state index contributed by atoms with van der Waals surface area (Å²) in [6.07, 6.45) is 2.36. The summed E-state index contributed by atoms with van der Waals surface area (Å²) < 4.78 is 2.52. The number of para-hydroxylation sites is 2. The fourth-order valence-electron chi connectivity index (χ4n) is 3.00. The molecule has 1 heterocycles. The summed E-state index contributed by atoms with van der Waals surface area (Å²) in [5.41, 5.74) is 2.74. The molecule has 0 amide bonds. The third-order valence-electron chi connectivity index (χ3n) is 3.92. The molecule has 0 saturated heterocycles. The molecule has 1 aromatic heterocycles. The molecule has 0 spiro atoms. The summed E-state index contributed by atoms with van der Waals surface area (Å²) in [4.78, 5) is 0. The Morgan fingerprint density at radius 2 is 1.22 bits per heavy atom. The van der Waals surface area contributed by atoms with Gasteiger partial charge in [0.25, 0.3) is 0 Å². The number of nitrogens with zero attached hydrogens (tertiary/aromatic N) is 1. The Balaban J connectivity index is 2.45. The van der Waals surface area contributed by atoms with Crippen LogP contribution in [0.4, 0.5) is 0 Å². The Kier molecular flexibility index (Phi) is 2.83. The van der Waals surface area contributed by atoms with Crippen LogP contribution in [-0.2, 0) is 0 Å². The van der Waals surface area contributed by atoms with Crippen molar-refractivity contribution in [3.05, 3.63) is 48.5 Å². The molecule has 0 N–H and O–H groups in total. The van der Waals surface area contributed by atoms with E-state index in [4.69, 9.17) is 0 Å². The minimum Gasteiger partial charge on any atom is -0.337 e. The highest BCUT2D eigenvalue weighted by Crippen LogP contribution is 2.33. The van der Waals surface area contributed by atoms with Crippen molar-refractivity contribution in [2.24, 2.45) is 0 Å². The SMILES string of the molecule is CCC(CC)n1c2ccccc2c2ccccc21. The molecule has 3 aromatic rings. The lowest BCUT2D eigenvalue weighted by molar-refractivity contribution is 0.498. The average Bonchev–Trinajstić information content (AvgIpc) is 2.76. The average molecular weight is 237 g/mol. The standard InChI is InChI=1S/C17H19N/c1-3-13(4-2)18-16-11-7-5-9-14(16)15-10-6-8-12-17(15)18/h5-13H,3-4H2,1-2H3. The quantitative estimate of drug-likeness (QED) is 0.593. The first-order valence-electron chi connectivity index (χ1n) is 6.84. The lowest BCUT2D eigenvalue weighted by atomic mass is 10.1. The van der Waals surface area contributed by atoms with Gasteiger partial charge in [0.1, 0.15) is 0 Å². The maximum Gasteiger partial charge on any atom is 0.0493 e. The van der Waals surface area contributed by atoms with Gasteiger partial charge < -0.3 is 4.57 Å². The first-order chi connectivity index (χ1) is 8.86. The molecule has 0 aliphatic carbocycles.